The molecule has 1 aromatic heterocycles. The Bertz CT molecular complexity index is 897. The molecule has 8 heteroatoms. The summed E-state index contributed by atoms with van der Waals surface area (Å²) >= 11 is 2.22. The normalized spacial score (nSPS) is 14.2. The summed E-state index contributed by atoms with van der Waals surface area (Å²) in [5.41, 5.74) is 7.37. The van der Waals surface area contributed by atoms with Gasteiger partial charge in [-0.05, 0) is 0 Å². The number of anilines is 2. The van der Waals surface area contributed by atoms with Gasteiger partial charge >= 0.3 is 158 Å². The van der Waals surface area contributed by atoms with Gasteiger partial charge in [0.1, 0.15) is 0 Å². The molecule has 1 aliphatic carbocycles. The molecule has 0 aliphatic heterocycles. The second-order valence-corrected chi connectivity index (χ2v) is 7.19. The number of nitrogens with one attached hydrogen (secondary N) is 2. The third-order valence-corrected chi connectivity index (χ3v) is 4.75. The maximum absolute atomic E-state index is 14.1. The Labute approximate surface area is 158 Å². The first-order valence-electron chi connectivity index (χ1n) is 8.03. The summed E-state index contributed by atoms with van der Waals surface area (Å²) in [4.78, 5) is 15.7. The molecule has 0 saturated heterocycles. The van der Waals surface area contributed by atoms with E-state index < -0.39 is 17.7 Å². The average Bonchev–Trinajstić information content (AvgIpc) is 3.39. The number of aryl methyl sites for hydroxylation is 1. The van der Waals surface area contributed by atoms with E-state index in [1.165, 1.54) is 24.4 Å². The molecule has 1 aliphatic rings. The third kappa shape index (κ3) is 4.22. The second-order valence-electron chi connectivity index (χ2n) is 6.18. The minimum absolute atomic E-state index is 0.0256. The summed E-state index contributed by atoms with van der Waals surface area (Å²) in [5.74, 6) is -1.66. The van der Waals surface area contributed by atoms with E-state index in [1.54, 1.807) is 13.1 Å². The first kappa shape index (κ1) is 18.4. The second kappa shape index (κ2) is 7.46. The van der Waals surface area contributed by atoms with E-state index in [4.69, 9.17) is 5.73 Å². The Morgan fingerprint density at radius 2 is 2.04 bits per heavy atom. The van der Waals surface area contributed by atoms with Crippen LogP contribution in [0.4, 0.5) is 20.2 Å². The molecule has 5 nitrogen and oxygen atoms in total. The van der Waals surface area contributed by atoms with Crippen molar-refractivity contribution < 1.29 is 13.6 Å². The SMILES string of the molecule is Cc1cc(F)c(C(=O)NC2CC2)cc1N/C=C(\[As])c1cc(N)cnc1F. The standard InChI is InChI=1S/C18H17AsF2N4O/c1-9-4-15(20)13(18(26)25-11-2-3-11)6-16(9)23-8-14(19)12-5-10(22)7-24-17(12)21/h4-8,11,23H,2-3,22H2,1H3,(H,25,26)/b14-8-. The fourth-order valence-electron chi connectivity index (χ4n) is 2.36. The predicted octanol–water partition coefficient (Wildman–Crippen LogP) is 2.72. The molecule has 1 saturated carbocycles. The van der Waals surface area contributed by atoms with Crippen molar-refractivity contribution >= 4 is 38.5 Å². The van der Waals surface area contributed by atoms with Crippen LogP contribution < -0.4 is 16.4 Å². The number of halogens is 2. The Morgan fingerprint density at radius 3 is 2.73 bits per heavy atom. The number of carbonyl (C=O) groups excluding carboxylic acids is 1. The Hall–Kier alpha value is -2.40. The third-order valence-electron chi connectivity index (χ3n) is 3.97. The van der Waals surface area contributed by atoms with Gasteiger partial charge in [-0.3, -0.25) is 0 Å². The van der Waals surface area contributed by atoms with Crippen LogP contribution in [0.2, 0.25) is 0 Å². The van der Waals surface area contributed by atoms with Gasteiger partial charge in [-0.25, -0.2) is 0 Å². The zero-order valence-electron chi connectivity index (χ0n) is 14.0. The number of carbonyl (C=O) groups is 1. The number of hydrogen-bond acceptors (Lipinski definition) is 4. The van der Waals surface area contributed by atoms with E-state index in [0.29, 0.717) is 21.3 Å². The summed E-state index contributed by atoms with van der Waals surface area (Å²) in [5, 5.41) is 5.75. The van der Waals surface area contributed by atoms with Crippen LogP contribution in [-0.4, -0.2) is 33.8 Å². The van der Waals surface area contributed by atoms with Gasteiger partial charge in [-0.1, -0.05) is 0 Å². The van der Waals surface area contributed by atoms with Crippen molar-refractivity contribution in [2.24, 2.45) is 0 Å². The zero-order chi connectivity index (χ0) is 18.8. The Balaban J connectivity index is 1.84. The van der Waals surface area contributed by atoms with Gasteiger partial charge < -0.3 is 0 Å². The fraction of sp³-hybridized carbons (Fsp3) is 0.222. The van der Waals surface area contributed by atoms with Gasteiger partial charge in [0.05, 0.1) is 0 Å². The number of benzene rings is 1. The molecular formula is C18H17AsF2N4O. The van der Waals surface area contributed by atoms with Crippen LogP contribution in [-0.2, 0) is 0 Å². The minimum atomic E-state index is -0.645. The van der Waals surface area contributed by atoms with Gasteiger partial charge in [0, 0.05) is 0 Å². The molecular weight excluding hydrogens is 401 g/mol. The summed E-state index contributed by atoms with van der Waals surface area (Å²) in [6.45, 7) is 1.72. The van der Waals surface area contributed by atoms with E-state index in [0.717, 1.165) is 12.8 Å². The van der Waals surface area contributed by atoms with Crippen molar-refractivity contribution in [2.75, 3.05) is 11.1 Å². The predicted molar refractivity (Wildman–Crippen MR) is 97.6 cm³/mol. The molecule has 0 unspecified atom stereocenters. The van der Waals surface area contributed by atoms with Crippen molar-refractivity contribution in [1.82, 2.24) is 10.3 Å². The van der Waals surface area contributed by atoms with Crippen LogP contribution in [0.1, 0.15) is 34.3 Å². The fourth-order valence-corrected chi connectivity index (χ4v) is 2.83. The molecule has 26 heavy (non-hydrogen) atoms. The van der Waals surface area contributed by atoms with Crippen molar-refractivity contribution in [1.29, 1.82) is 0 Å². The Kier molecular flexibility index (Phi) is 5.28. The van der Waals surface area contributed by atoms with E-state index in [1.807, 2.05) is 0 Å². The molecule has 1 amide bonds. The van der Waals surface area contributed by atoms with Gasteiger partial charge in [-0.15, -0.1) is 0 Å². The summed E-state index contributed by atoms with van der Waals surface area (Å²) in [6.07, 6.45) is 4.62. The number of nitrogens with two attached hydrogens (primary N) is 1. The number of rotatable bonds is 5. The van der Waals surface area contributed by atoms with E-state index >= 15 is 0 Å². The topological polar surface area (TPSA) is 80.0 Å². The van der Waals surface area contributed by atoms with Gasteiger partial charge in [0.25, 0.3) is 0 Å². The van der Waals surface area contributed by atoms with Crippen LogP contribution in [0.25, 0.3) is 4.36 Å². The summed E-state index contributed by atoms with van der Waals surface area (Å²) in [6, 6.07) is 4.36. The number of aromatic nitrogens is 1. The molecule has 4 N–H and O–H groups in total. The number of hydrogen-bond donors (Lipinski definition) is 3. The molecule has 0 spiro atoms. The molecule has 2 radical (unpaired) electrons. The van der Waals surface area contributed by atoms with Crippen molar-refractivity contribution in [2.45, 2.75) is 25.8 Å². The van der Waals surface area contributed by atoms with Crippen LogP contribution in [0.3, 0.4) is 0 Å². The van der Waals surface area contributed by atoms with Gasteiger partial charge in [0.15, 0.2) is 0 Å². The quantitative estimate of drug-likeness (QED) is 0.516. The maximum atomic E-state index is 14.1. The van der Waals surface area contributed by atoms with Crippen LogP contribution >= 0.6 is 0 Å². The summed E-state index contributed by atoms with van der Waals surface area (Å²) < 4.78 is 28.5. The average molecular weight is 418 g/mol. The first-order valence-corrected chi connectivity index (χ1v) is 8.97. The van der Waals surface area contributed by atoms with E-state index in [9.17, 15) is 13.6 Å². The van der Waals surface area contributed by atoms with Crippen molar-refractivity contribution in [3.05, 3.63) is 59.1 Å². The molecule has 134 valence electrons. The van der Waals surface area contributed by atoms with Gasteiger partial charge in [-0.2, -0.15) is 0 Å². The van der Waals surface area contributed by atoms with E-state index in [-0.39, 0.29) is 17.2 Å². The number of nitrogen functional groups attached to an aromatic ring is 1. The molecule has 0 atom stereocenters. The molecule has 1 aromatic carbocycles. The zero-order valence-corrected chi connectivity index (χ0v) is 15.9. The molecule has 1 fully saturated rings. The summed E-state index contributed by atoms with van der Waals surface area (Å²) in [7, 11) is 0. The van der Waals surface area contributed by atoms with Crippen LogP contribution in [0.15, 0.2) is 30.6 Å². The number of nitrogens with zero attached hydrogens (tertiary/aromatic N) is 1. The monoisotopic (exact) mass is 418 g/mol. The molecule has 2 aromatic rings. The number of pyridine rings is 1. The van der Waals surface area contributed by atoms with E-state index in [2.05, 4.69) is 32.5 Å². The molecule has 3 rings (SSSR count). The molecule has 0 bridgehead atoms. The molecule has 1 heterocycles. The van der Waals surface area contributed by atoms with Crippen LogP contribution in [0, 0.1) is 18.7 Å². The Morgan fingerprint density at radius 1 is 1.31 bits per heavy atom. The number of amides is 1. The van der Waals surface area contributed by atoms with Gasteiger partial charge in [0.2, 0.25) is 0 Å². The first-order chi connectivity index (χ1) is 12.3. The van der Waals surface area contributed by atoms with Crippen LogP contribution in [0.5, 0.6) is 0 Å². The van der Waals surface area contributed by atoms with Crippen molar-refractivity contribution in [3.8, 4) is 0 Å². The van der Waals surface area contributed by atoms with Crippen molar-refractivity contribution in [3.63, 3.8) is 0 Å².